The van der Waals surface area contributed by atoms with Crippen molar-refractivity contribution in [3.05, 3.63) is 71.3 Å². The molecule has 2 atom stereocenters. The van der Waals surface area contributed by atoms with E-state index in [2.05, 4.69) is 22.3 Å². The van der Waals surface area contributed by atoms with Crippen LogP contribution >= 0.6 is 0 Å². The summed E-state index contributed by atoms with van der Waals surface area (Å²) >= 11 is 0. The summed E-state index contributed by atoms with van der Waals surface area (Å²) in [6.07, 6.45) is 2.74. The van der Waals surface area contributed by atoms with E-state index >= 15 is 0 Å². The highest BCUT2D eigenvalue weighted by atomic mass is 16.2. The fourth-order valence-corrected chi connectivity index (χ4v) is 4.77. The Labute approximate surface area is 189 Å². The van der Waals surface area contributed by atoms with Gasteiger partial charge in [-0.05, 0) is 56.0 Å². The van der Waals surface area contributed by atoms with Gasteiger partial charge in [-0.2, -0.15) is 0 Å². The highest BCUT2D eigenvalue weighted by Crippen LogP contribution is 2.28. The first-order valence-corrected chi connectivity index (χ1v) is 11.5. The average Bonchev–Trinajstić information content (AvgIpc) is 3.41. The number of hydrogen-bond donors (Lipinski definition) is 1. The molecule has 3 amide bonds. The predicted octanol–water partition coefficient (Wildman–Crippen LogP) is 3.65. The average molecular weight is 434 g/mol. The molecule has 4 rings (SSSR count). The van der Waals surface area contributed by atoms with Crippen molar-refractivity contribution in [3.63, 3.8) is 0 Å². The van der Waals surface area contributed by atoms with Crippen molar-refractivity contribution < 1.29 is 14.4 Å². The Morgan fingerprint density at radius 3 is 2.03 bits per heavy atom. The third-order valence-electron chi connectivity index (χ3n) is 6.37. The van der Waals surface area contributed by atoms with E-state index in [0.717, 1.165) is 36.4 Å². The van der Waals surface area contributed by atoms with Crippen molar-refractivity contribution in [2.75, 3.05) is 19.6 Å². The number of fused-ring (bicyclic) bond motifs is 1. The zero-order valence-corrected chi connectivity index (χ0v) is 18.8. The van der Waals surface area contributed by atoms with E-state index in [0.29, 0.717) is 24.1 Å². The number of carbonyl (C=O) groups is 3. The van der Waals surface area contributed by atoms with Crippen LogP contribution in [0.5, 0.6) is 0 Å². The third kappa shape index (κ3) is 4.46. The summed E-state index contributed by atoms with van der Waals surface area (Å²) in [5.41, 5.74) is 1.91. The van der Waals surface area contributed by atoms with Gasteiger partial charge in [0.05, 0.1) is 17.2 Å². The molecule has 0 spiro atoms. The first kappa shape index (κ1) is 22.2. The molecule has 2 unspecified atom stereocenters. The van der Waals surface area contributed by atoms with Crippen LogP contribution in [0.4, 0.5) is 0 Å². The molecule has 2 aromatic rings. The Hall–Kier alpha value is -2.99. The van der Waals surface area contributed by atoms with Crippen molar-refractivity contribution in [3.8, 4) is 0 Å². The monoisotopic (exact) mass is 433 g/mol. The number of benzene rings is 2. The van der Waals surface area contributed by atoms with Crippen LogP contribution in [0.2, 0.25) is 0 Å². The van der Waals surface area contributed by atoms with Crippen LogP contribution < -0.4 is 5.32 Å². The summed E-state index contributed by atoms with van der Waals surface area (Å²) in [6, 6.07) is 16.2. The van der Waals surface area contributed by atoms with Crippen LogP contribution in [0.1, 0.15) is 65.4 Å². The summed E-state index contributed by atoms with van der Waals surface area (Å²) in [4.78, 5) is 43.0. The lowest BCUT2D eigenvalue weighted by Crippen LogP contribution is -2.51. The van der Waals surface area contributed by atoms with E-state index in [1.165, 1.54) is 0 Å². The maximum atomic E-state index is 13.4. The van der Waals surface area contributed by atoms with Gasteiger partial charge in [0.25, 0.3) is 11.8 Å². The molecule has 0 bridgehead atoms. The third-order valence-corrected chi connectivity index (χ3v) is 6.37. The second kappa shape index (κ2) is 9.65. The molecule has 168 valence electrons. The molecule has 1 N–H and O–H groups in total. The minimum atomic E-state index is -0.822. The molecule has 0 saturated carbocycles. The van der Waals surface area contributed by atoms with Crippen LogP contribution in [-0.2, 0) is 4.79 Å². The van der Waals surface area contributed by atoms with Gasteiger partial charge in [0.15, 0.2) is 0 Å². The molecule has 2 heterocycles. The van der Waals surface area contributed by atoms with Crippen LogP contribution in [0.3, 0.4) is 0 Å². The van der Waals surface area contributed by atoms with Crippen molar-refractivity contribution >= 4 is 17.7 Å². The van der Waals surface area contributed by atoms with E-state index in [-0.39, 0.29) is 29.7 Å². The molecule has 6 heteroatoms. The highest BCUT2D eigenvalue weighted by molar-refractivity contribution is 6.22. The molecule has 0 radical (unpaired) electrons. The minimum absolute atomic E-state index is 0.0736. The lowest BCUT2D eigenvalue weighted by atomic mass is 10.0. The smallest absolute Gasteiger partial charge is 0.262 e. The fraction of sp³-hybridized carbons (Fsp3) is 0.423. The molecule has 2 aliphatic heterocycles. The van der Waals surface area contributed by atoms with E-state index < -0.39 is 6.04 Å². The molecule has 0 aliphatic carbocycles. The van der Waals surface area contributed by atoms with Gasteiger partial charge in [0.1, 0.15) is 6.04 Å². The number of nitrogens with zero attached hydrogens (tertiary/aromatic N) is 2. The van der Waals surface area contributed by atoms with Gasteiger partial charge in [-0.15, -0.1) is 0 Å². The van der Waals surface area contributed by atoms with Crippen LogP contribution in [0.25, 0.3) is 0 Å². The Bertz CT molecular complexity index is 948. The predicted molar refractivity (Wildman–Crippen MR) is 123 cm³/mol. The molecule has 0 aromatic heterocycles. The lowest BCUT2D eigenvalue weighted by Gasteiger charge is -2.31. The topological polar surface area (TPSA) is 69.7 Å². The summed E-state index contributed by atoms with van der Waals surface area (Å²) in [5.74, 6) is -0.886. The summed E-state index contributed by atoms with van der Waals surface area (Å²) in [7, 11) is 0. The summed E-state index contributed by atoms with van der Waals surface area (Å²) < 4.78 is 0. The first-order valence-electron chi connectivity index (χ1n) is 11.5. The van der Waals surface area contributed by atoms with E-state index in [4.69, 9.17) is 0 Å². The van der Waals surface area contributed by atoms with Crippen LogP contribution in [0, 0.1) is 5.92 Å². The molecule has 6 nitrogen and oxygen atoms in total. The van der Waals surface area contributed by atoms with Crippen molar-refractivity contribution in [2.45, 2.75) is 45.2 Å². The second-order valence-corrected chi connectivity index (χ2v) is 9.09. The SMILES string of the molecule is CC(C)CC(C(=O)NCC(c1ccccc1)N1CCCC1)N1C(=O)c2ccccc2C1=O. The largest absolute Gasteiger partial charge is 0.352 e. The fourth-order valence-electron chi connectivity index (χ4n) is 4.77. The van der Waals surface area contributed by atoms with Gasteiger partial charge in [0, 0.05) is 6.54 Å². The number of likely N-dealkylation sites (tertiary alicyclic amines) is 1. The number of imide groups is 1. The quantitative estimate of drug-likeness (QED) is 0.645. The van der Waals surface area contributed by atoms with Crippen LogP contribution in [-0.4, -0.2) is 53.2 Å². The van der Waals surface area contributed by atoms with Gasteiger partial charge >= 0.3 is 0 Å². The first-order chi connectivity index (χ1) is 15.5. The Balaban J connectivity index is 1.53. The Kier molecular flexibility index (Phi) is 6.70. The Morgan fingerprint density at radius 2 is 1.47 bits per heavy atom. The van der Waals surface area contributed by atoms with Gasteiger partial charge in [0.2, 0.25) is 5.91 Å². The van der Waals surface area contributed by atoms with Gasteiger partial charge in [-0.3, -0.25) is 24.2 Å². The van der Waals surface area contributed by atoms with Crippen molar-refractivity contribution in [2.24, 2.45) is 5.92 Å². The van der Waals surface area contributed by atoms with Gasteiger partial charge in [-0.25, -0.2) is 0 Å². The number of amides is 3. The van der Waals surface area contributed by atoms with Gasteiger partial charge < -0.3 is 5.32 Å². The maximum Gasteiger partial charge on any atom is 0.262 e. The number of hydrogen-bond acceptors (Lipinski definition) is 4. The summed E-state index contributed by atoms with van der Waals surface area (Å²) in [5, 5.41) is 3.08. The molecule has 1 saturated heterocycles. The zero-order chi connectivity index (χ0) is 22.7. The number of nitrogens with one attached hydrogen (secondary N) is 1. The highest BCUT2D eigenvalue weighted by Gasteiger charge is 2.42. The Morgan fingerprint density at radius 1 is 0.906 bits per heavy atom. The summed E-state index contributed by atoms with van der Waals surface area (Å²) in [6.45, 7) is 6.44. The standard InChI is InChI=1S/C26H31N3O3/c1-18(2)16-22(29-25(31)20-12-6-7-13-21(20)26(29)32)24(30)27-17-23(28-14-8-9-15-28)19-10-4-3-5-11-19/h3-7,10-13,18,22-23H,8-9,14-17H2,1-2H3,(H,27,30). The minimum Gasteiger partial charge on any atom is -0.352 e. The number of carbonyl (C=O) groups excluding carboxylic acids is 3. The molecular weight excluding hydrogens is 402 g/mol. The van der Waals surface area contributed by atoms with Crippen LogP contribution in [0.15, 0.2) is 54.6 Å². The van der Waals surface area contributed by atoms with E-state index in [1.54, 1.807) is 24.3 Å². The molecule has 1 fully saturated rings. The lowest BCUT2D eigenvalue weighted by molar-refractivity contribution is -0.125. The normalized spacial score (nSPS) is 18.2. The maximum absolute atomic E-state index is 13.4. The van der Waals surface area contributed by atoms with Crippen molar-refractivity contribution in [1.82, 2.24) is 15.1 Å². The van der Waals surface area contributed by atoms with E-state index in [1.807, 2.05) is 32.0 Å². The molecular formula is C26H31N3O3. The second-order valence-electron chi connectivity index (χ2n) is 9.09. The van der Waals surface area contributed by atoms with Gasteiger partial charge in [-0.1, -0.05) is 56.3 Å². The molecule has 2 aliphatic rings. The number of rotatable bonds is 8. The molecule has 32 heavy (non-hydrogen) atoms. The van der Waals surface area contributed by atoms with E-state index in [9.17, 15) is 14.4 Å². The zero-order valence-electron chi connectivity index (χ0n) is 18.8. The molecule has 2 aromatic carbocycles. The van der Waals surface area contributed by atoms with Crippen molar-refractivity contribution in [1.29, 1.82) is 0 Å².